The third kappa shape index (κ3) is 5.64. The third-order valence-electron chi connectivity index (χ3n) is 3.12. The molecule has 0 saturated heterocycles. The van der Waals surface area contributed by atoms with E-state index in [2.05, 4.69) is 35.1 Å². The van der Waals surface area contributed by atoms with Crippen LogP contribution in [-0.2, 0) is 11.2 Å². The van der Waals surface area contributed by atoms with Crippen LogP contribution in [-0.4, -0.2) is 24.4 Å². The second kappa shape index (κ2) is 8.20. The van der Waals surface area contributed by atoms with Gasteiger partial charge < -0.3 is 10.1 Å². The summed E-state index contributed by atoms with van der Waals surface area (Å²) in [4.78, 5) is 11.9. The van der Waals surface area contributed by atoms with Gasteiger partial charge in [0.25, 0.3) is 0 Å². The van der Waals surface area contributed by atoms with E-state index in [9.17, 15) is 4.79 Å². The fourth-order valence-electron chi connectivity index (χ4n) is 1.71. The third-order valence-corrected chi connectivity index (χ3v) is 3.81. The maximum Gasteiger partial charge on any atom is 0.220 e. The van der Waals surface area contributed by atoms with Gasteiger partial charge in [-0.2, -0.15) is 0 Å². The molecule has 0 aliphatic rings. The van der Waals surface area contributed by atoms with Crippen LogP contribution in [0.1, 0.15) is 25.8 Å². The fraction of sp³-hybridized carbons (Fsp3) is 0.533. The molecule has 1 unspecified atom stereocenters. The van der Waals surface area contributed by atoms with Crippen molar-refractivity contribution in [3.63, 3.8) is 0 Å². The van der Waals surface area contributed by atoms with Crippen molar-refractivity contribution >= 4 is 21.8 Å². The van der Waals surface area contributed by atoms with Crippen molar-refractivity contribution in [1.29, 1.82) is 0 Å². The lowest BCUT2D eigenvalue weighted by Gasteiger charge is -2.19. The number of aryl methyl sites for hydroxylation is 1. The predicted molar refractivity (Wildman–Crippen MR) is 81.9 cm³/mol. The summed E-state index contributed by atoms with van der Waals surface area (Å²) in [6, 6.07) is 8.03. The molecule has 0 spiro atoms. The molecule has 1 aromatic rings. The number of halogens is 1. The summed E-state index contributed by atoms with van der Waals surface area (Å²) in [5.41, 5.74) is 1.15. The summed E-state index contributed by atoms with van der Waals surface area (Å²) in [5, 5.41) is 3.84. The molecule has 3 nitrogen and oxygen atoms in total. The van der Waals surface area contributed by atoms with Crippen LogP contribution >= 0.6 is 15.9 Å². The minimum atomic E-state index is 0.106. The monoisotopic (exact) mass is 327 g/mol. The highest BCUT2D eigenvalue weighted by atomic mass is 79.9. The number of ether oxygens (including phenoxy) is 1. The summed E-state index contributed by atoms with van der Waals surface area (Å²) < 4.78 is 5.10. The quantitative estimate of drug-likeness (QED) is 0.781. The van der Waals surface area contributed by atoms with E-state index in [0.29, 0.717) is 12.3 Å². The number of hydrogen-bond acceptors (Lipinski definition) is 2. The van der Waals surface area contributed by atoms with E-state index in [1.165, 1.54) is 0 Å². The Bertz CT molecular complexity index is 390. The standard InChI is InChI=1S/C15H22BrNO2/c1-11(2)14(10-16)17-15(18)9-6-12-4-7-13(19-3)8-5-12/h4-5,7-8,11,14H,6,9-10H2,1-3H3,(H,17,18). The SMILES string of the molecule is COc1ccc(CCC(=O)NC(CBr)C(C)C)cc1. The van der Waals surface area contributed by atoms with Crippen LogP contribution in [0, 0.1) is 5.92 Å². The van der Waals surface area contributed by atoms with Crippen molar-refractivity contribution in [3.05, 3.63) is 29.8 Å². The lowest BCUT2D eigenvalue weighted by molar-refractivity contribution is -0.121. The van der Waals surface area contributed by atoms with Gasteiger partial charge in [0.15, 0.2) is 0 Å². The number of amides is 1. The van der Waals surface area contributed by atoms with Crippen LogP contribution in [0.5, 0.6) is 5.75 Å². The molecule has 106 valence electrons. The maximum absolute atomic E-state index is 11.9. The van der Waals surface area contributed by atoms with Crippen LogP contribution in [0.15, 0.2) is 24.3 Å². The summed E-state index contributed by atoms with van der Waals surface area (Å²) in [6.07, 6.45) is 1.27. The van der Waals surface area contributed by atoms with Gasteiger partial charge in [-0.15, -0.1) is 0 Å². The van der Waals surface area contributed by atoms with Gasteiger partial charge in [0, 0.05) is 17.8 Å². The second-order valence-electron chi connectivity index (χ2n) is 4.92. The highest BCUT2D eigenvalue weighted by Crippen LogP contribution is 2.13. The molecule has 0 saturated carbocycles. The maximum atomic E-state index is 11.9. The highest BCUT2D eigenvalue weighted by Gasteiger charge is 2.14. The summed E-state index contributed by atoms with van der Waals surface area (Å²) >= 11 is 3.43. The van der Waals surface area contributed by atoms with Gasteiger partial charge in [-0.1, -0.05) is 41.9 Å². The van der Waals surface area contributed by atoms with E-state index < -0.39 is 0 Å². The number of carbonyl (C=O) groups is 1. The highest BCUT2D eigenvalue weighted by molar-refractivity contribution is 9.09. The fourth-order valence-corrected chi connectivity index (χ4v) is 2.62. The zero-order chi connectivity index (χ0) is 14.3. The molecule has 1 atom stereocenters. The van der Waals surface area contributed by atoms with E-state index in [-0.39, 0.29) is 11.9 Å². The van der Waals surface area contributed by atoms with Crippen LogP contribution in [0.25, 0.3) is 0 Å². The van der Waals surface area contributed by atoms with Crippen LogP contribution in [0.2, 0.25) is 0 Å². The Kier molecular flexibility index (Phi) is 6.92. The normalized spacial score (nSPS) is 12.3. The van der Waals surface area contributed by atoms with Crippen molar-refractivity contribution in [3.8, 4) is 5.75 Å². The van der Waals surface area contributed by atoms with E-state index in [1.54, 1.807) is 7.11 Å². The molecule has 0 fully saturated rings. The molecule has 1 amide bonds. The van der Waals surface area contributed by atoms with Gasteiger partial charge in [0.1, 0.15) is 5.75 Å². The van der Waals surface area contributed by atoms with Crippen molar-refractivity contribution in [2.45, 2.75) is 32.7 Å². The van der Waals surface area contributed by atoms with Gasteiger partial charge in [-0.25, -0.2) is 0 Å². The van der Waals surface area contributed by atoms with E-state index in [1.807, 2.05) is 24.3 Å². The molecule has 0 radical (unpaired) electrons. The summed E-state index contributed by atoms with van der Waals surface area (Å²) in [7, 11) is 1.65. The molecule has 0 aliphatic carbocycles. The van der Waals surface area contributed by atoms with Gasteiger partial charge in [0.05, 0.1) is 7.11 Å². The number of benzene rings is 1. The molecule has 0 aromatic heterocycles. The smallest absolute Gasteiger partial charge is 0.220 e. The first-order valence-corrected chi connectivity index (χ1v) is 7.67. The zero-order valence-corrected chi connectivity index (χ0v) is 13.4. The Morgan fingerprint density at radius 3 is 2.42 bits per heavy atom. The average molecular weight is 328 g/mol. The summed E-state index contributed by atoms with van der Waals surface area (Å²) in [6.45, 7) is 4.21. The van der Waals surface area contributed by atoms with Crippen molar-refractivity contribution < 1.29 is 9.53 Å². The topological polar surface area (TPSA) is 38.3 Å². The van der Waals surface area contributed by atoms with Crippen LogP contribution in [0.4, 0.5) is 0 Å². The number of methoxy groups -OCH3 is 1. The molecular formula is C15H22BrNO2. The summed E-state index contributed by atoms with van der Waals surface area (Å²) in [5.74, 6) is 1.38. The predicted octanol–water partition coefficient (Wildman–Crippen LogP) is 3.16. The lowest BCUT2D eigenvalue weighted by Crippen LogP contribution is -2.39. The zero-order valence-electron chi connectivity index (χ0n) is 11.8. The first kappa shape index (κ1) is 16.0. The van der Waals surface area contributed by atoms with Crippen molar-refractivity contribution in [1.82, 2.24) is 5.32 Å². The van der Waals surface area contributed by atoms with Crippen molar-refractivity contribution in [2.75, 3.05) is 12.4 Å². The molecule has 0 aliphatic heterocycles. The molecule has 4 heteroatoms. The van der Waals surface area contributed by atoms with Gasteiger partial charge in [0.2, 0.25) is 5.91 Å². The number of hydrogen-bond donors (Lipinski definition) is 1. The van der Waals surface area contributed by atoms with Gasteiger partial charge >= 0.3 is 0 Å². The first-order valence-electron chi connectivity index (χ1n) is 6.55. The Balaban J connectivity index is 2.40. The van der Waals surface area contributed by atoms with Gasteiger partial charge in [-0.3, -0.25) is 4.79 Å². The van der Waals surface area contributed by atoms with Crippen LogP contribution in [0.3, 0.4) is 0 Å². The minimum absolute atomic E-state index is 0.106. The number of rotatable bonds is 7. The molecule has 1 N–H and O–H groups in total. The first-order chi connectivity index (χ1) is 9.06. The number of nitrogens with one attached hydrogen (secondary N) is 1. The van der Waals surface area contributed by atoms with Crippen LogP contribution < -0.4 is 10.1 Å². The van der Waals surface area contributed by atoms with E-state index >= 15 is 0 Å². The molecule has 1 rings (SSSR count). The minimum Gasteiger partial charge on any atom is -0.497 e. The Labute approximate surface area is 123 Å². The largest absolute Gasteiger partial charge is 0.497 e. The number of alkyl halides is 1. The van der Waals surface area contributed by atoms with E-state index in [4.69, 9.17) is 4.74 Å². The Morgan fingerprint density at radius 1 is 1.32 bits per heavy atom. The Morgan fingerprint density at radius 2 is 1.95 bits per heavy atom. The molecule has 1 aromatic carbocycles. The average Bonchev–Trinajstić information content (AvgIpc) is 2.42. The lowest BCUT2D eigenvalue weighted by atomic mass is 10.1. The Hall–Kier alpha value is -1.03. The van der Waals surface area contributed by atoms with E-state index in [0.717, 1.165) is 23.1 Å². The second-order valence-corrected chi connectivity index (χ2v) is 5.57. The number of carbonyl (C=O) groups excluding carboxylic acids is 1. The molecule has 0 bridgehead atoms. The molecule has 19 heavy (non-hydrogen) atoms. The molecular weight excluding hydrogens is 306 g/mol. The van der Waals surface area contributed by atoms with Crippen molar-refractivity contribution in [2.24, 2.45) is 5.92 Å². The van der Waals surface area contributed by atoms with Gasteiger partial charge in [-0.05, 0) is 30.0 Å². The molecule has 0 heterocycles.